The molecule has 1 aromatic rings. The van der Waals surface area contributed by atoms with Crippen LogP contribution in [0.15, 0.2) is 24.3 Å². The normalized spacial score (nSPS) is 24.2. The number of carbonyl (C=O) groups excluding carboxylic acids is 1. The van der Waals surface area contributed by atoms with E-state index >= 15 is 0 Å². The molecule has 108 valence electrons. The highest BCUT2D eigenvalue weighted by molar-refractivity contribution is 5.83. The van der Waals surface area contributed by atoms with Crippen molar-refractivity contribution in [3.8, 4) is 5.75 Å². The van der Waals surface area contributed by atoms with Gasteiger partial charge in [-0.05, 0) is 13.0 Å². The fraction of sp³-hybridized carbons (Fsp3) is 0.533. The molecule has 2 atom stereocenters. The van der Waals surface area contributed by atoms with Gasteiger partial charge in [-0.25, -0.2) is 8.78 Å². The first-order valence-electron chi connectivity index (χ1n) is 6.77. The van der Waals surface area contributed by atoms with Crippen LogP contribution in [0.5, 0.6) is 5.75 Å². The van der Waals surface area contributed by atoms with Gasteiger partial charge in [0.2, 0.25) is 5.91 Å². The van der Waals surface area contributed by atoms with Gasteiger partial charge in [0, 0.05) is 12.0 Å². The van der Waals surface area contributed by atoms with Crippen molar-refractivity contribution < 1.29 is 18.3 Å². The Morgan fingerprint density at radius 2 is 2.10 bits per heavy atom. The van der Waals surface area contributed by atoms with Gasteiger partial charge < -0.3 is 9.64 Å². The highest BCUT2D eigenvalue weighted by Crippen LogP contribution is 2.44. The van der Waals surface area contributed by atoms with E-state index in [4.69, 9.17) is 4.74 Å². The van der Waals surface area contributed by atoms with Gasteiger partial charge >= 0.3 is 0 Å². The van der Waals surface area contributed by atoms with Crippen molar-refractivity contribution in [3.63, 3.8) is 0 Å². The molecule has 0 spiro atoms. The van der Waals surface area contributed by atoms with Crippen molar-refractivity contribution in [1.29, 1.82) is 0 Å². The summed E-state index contributed by atoms with van der Waals surface area (Å²) in [6, 6.07) is 7.40. The molecule has 0 saturated carbocycles. The van der Waals surface area contributed by atoms with Gasteiger partial charge in [-0.15, -0.1) is 0 Å². The Bertz CT molecular complexity index is 530. The first-order valence-corrected chi connectivity index (χ1v) is 6.77. The van der Waals surface area contributed by atoms with Crippen molar-refractivity contribution in [2.75, 3.05) is 19.9 Å². The summed E-state index contributed by atoms with van der Waals surface area (Å²) in [5.41, 5.74) is -0.651. The van der Waals surface area contributed by atoms with Crippen LogP contribution in [0.4, 0.5) is 8.78 Å². The number of hydrogen-bond donors (Lipinski definition) is 0. The number of carbonyl (C=O) groups is 1. The van der Waals surface area contributed by atoms with Crippen molar-refractivity contribution in [3.05, 3.63) is 29.8 Å². The van der Waals surface area contributed by atoms with E-state index in [-0.39, 0.29) is 12.1 Å². The summed E-state index contributed by atoms with van der Waals surface area (Å²) in [7, 11) is 0. The zero-order valence-corrected chi connectivity index (χ0v) is 11.3. The summed E-state index contributed by atoms with van der Waals surface area (Å²) < 4.78 is 31.9. The van der Waals surface area contributed by atoms with E-state index in [0.717, 1.165) is 11.3 Å². The number of halogens is 2. The number of nitrogens with zero attached hydrogens (tertiary/aromatic N) is 1. The smallest absolute Gasteiger partial charge is 0.234 e. The first-order chi connectivity index (χ1) is 9.59. The molecule has 2 aliphatic heterocycles. The van der Waals surface area contributed by atoms with Gasteiger partial charge in [-0.2, -0.15) is 0 Å². The highest BCUT2D eigenvalue weighted by atomic mass is 19.1. The number of alkyl halides is 2. The van der Waals surface area contributed by atoms with Crippen molar-refractivity contribution >= 4 is 5.91 Å². The molecule has 20 heavy (non-hydrogen) atoms. The average molecular weight is 281 g/mol. The predicted molar refractivity (Wildman–Crippen MR) is 70.0 cm³/mol. The molecule has 2 heterocycles. The van der Waals surface area contributed by atoms with Crippen LogP contribution in [0.2, 0.25) is 0 Å². The number of fused-ring (bicyclic) bond motifs is 4. The molecule has 0 aliphatic carbocycles. The summed E-state index contributed by atoms with van der Waals surface area (Å²) in [5, 5.41) is 0. The molecule has 1 amide bonds. The molecule has 2 aliphatic rings. The number of rotatable bonds is 3. The molecule has 1 aromatic carbocycles. The molecule has 5 heteroatoms. The molecule has 0 radical (unpaired) electrons. The van der Waals surface area contributed by atoms with Crippen molar-refractivity contribution in [2.24, 2.45) is 5.41 Å². The van der Waals surface area contributed by atoms with Gasteiger partial charge in [0.25, 0.3) is 0 Å². The maximum atomic E-state index is 13.1. The number of benzene rings is 1. The van der Waals surface area contributed by atoms with E-state index in [1.807, 2.05) is 24.3 Å². The lowest BCUT2D eigenvalue weighted by Gasteiger charge is -2.32. The molecule has 0 unspecified atom stereocenters. The van der Waals surface area contributed by atoms with E-state index in [1.165, 1.54) is 6.92 Å². The van der Waals surface area contributed by atoms with Gasteiger partial charge in [0.05, 0.1) is 12.6 Å². The molecular weight excluding hydrogens is 264 g/mol. The average Bonchev–Trinajstić information content (AvgIpc) is 2.83. The fourth-order valence-corrected chi connectivity index (χ4v) is 2.94. The predicted octanol–water partition coefficient (Wildman–Crippen LogP) is 2.67. The Balaban J connectivity index is 1.93. The van der Waals surface area contributed by atoms with Crippen molar-refractivity contribution in [1.82, 2.24) is 4.90 Å². The number of ether oxygens (including phenoxy) is 1. The minimum absolute atomic E-state index is 0.0812. The summed E-state index contributed by atoms with van der Waals surface area (Å²) in [6.45, 7) is -0.240. The highest BCUT2D eigenvalue weighted by Gasteiger charge is 2.47. The Hall–Kier alpha value is -1.65. The lowest BCUT2D eigenvalue weighted by atomic mass is 9.91. The van der Waals surface area contributed by atoms with E-state index in [1.54, 1.807) is 4.90 Å². The van der Waals surface area contributed by atoms with E-state index in [2.05, 4.69) is 0 Å². The lowest BCUT2D eigenvalue weighted by Crippen LogP contribution is -2.45. The minimum Gasteiger partial charge on any atom is -0.488 e. The molecule has 2 bridgehead atoms. The third-order valence-corrected chi connectivity index (χ3v) is 4.20. The minimum atomic E-state index is -1.58. The van der Waals surface area contributed by atoms with Crippen LogP contribution >= 0.6 is 0 Å². The Morgan fingerprint density at radius 1 is 1.40 bits per heavy atom. The third kappa shape index (κ3) is 1.87. The Labute approximate surface area is 116 Å². The van der Waals surface area contributed by atoms with E-state index in [9.17, 15) is 13.6 Å². The molecular formula is C15H17F2NO2. The molecule has 1 saturated heterocycles. The van der Waals surface area contributed by atoms with Crippen LogP contribution < -0.4 is 4.74 Å². The van der Waals surface area contributed by atoms with Crippen LogP contribution in [0, 0.1) is 5.41 Å². The number of amides is 1. The Morgan fingerprint density at radius 3 is 2.80 bits per heavy atom. The summed E-state index contributed by atoms with van der Waals surface area (Å²) >= 11 is 0. The number of likely N-dealkylation sites (tertiary alicyclic amines) is 1. The van der Waals surface area contributed by atoms with Crippen molar-refractivity contribution in [2.45, 2.75) is 25.5 Å². The molecule has 3 rings (SSSR count). The van der Waals surface area contributed by atoms with Crippen LogP contribution in [0.3, 0.4) is 0 Å². The van der Waals surface area contributed by atoms with Crippen LogP contribution in [-0.4, -0.2) is 36.8 Å². The maximum absolute atomic E-state index is 13.1. The van der Waals surface area contributed by atoms with Crippen LogP contribution in [0.1, 0.15) is 24.9 Å². The van der Waals surface area contributed by atoms with Gasteiger partial charge in [0.1, 0.15) is 30.6 Å². The lowest BCUT2D eigenvalue weighted by molar-refractivity contribution is -0.144. The molecule has 3 nitrogen and oxygen atoms in total. The molecule has 1 fully saturated rings. The first kappa shape index (κ1) is 13.3. The summed E-state index contributed by atoms with van der Waals surface area (Å²) in [5.74, 6) is 0.307. The van der Waals surface area contributed by atoms with E-state index in [0.29, 0.717) is 13.0 Å². The SMILES string of the molecule is CC(CF)(CF)C(=O)N1C[C@@H]2C[C@H]1c1ccccc1O2. The van der Waals surface area contributed by atoms with Crippen LogP contribution in [0.25, 0.3) is 0 Å². The van der Waals surface area contributed by atoms with Gasteiger partial charge in [-0.3, -0.25) is 4.79 Å². The Kier molecular flexibility index (Phi) is 3.15. The largest absolute Gasteiger partial charge is 0.488 e. The monoisotopic (exact) mass is 281 g/mol. The number of para-hydroxylation sites is 1. The zero-order valence-electron chi connectivity index (χ0n) is 11.3. The topological polar surface area (TPSA) is 29.5 Å². The number of hydrogen-bond acceptors (Lipinski definition) is 2. The van der Waals surface area contributed by atoms with Gasteiger partial charge in [0.15, 0.2) is 0 Å². The summed E-state index contributed by atoms with van der Waals surface area (Å²) in [4.78, 5) is 14.1. The fourth-order valence-electron chi connectivity index (χ4n) is 2.94. The zero-order chi connectivity index (χ0) is 14.3. The maximum Gasteiger partial charge on any atom is 0.234 e. The van der Waals surface area contributed by atoms with Gasteiger partial charge in [-0.1, -0.05) is 18.2 Å². The quantitative estimate of drug-likeness (QED) is 0.852. The second kappa shape index (κ2) is 4.72. The van der Waals surface area contributed by atoms with Crippen LogP contribution in [-0.2, 0) is 4.79 Å². The second-order valence-corrected chi connectivity index (χ2v) is 5.81. The standard InChI is InChI=1S/C15H17F2NO2/c1-15(8-16,9-17)14(19)18-7-10-6-12(18)11-4-2-3-5-13(11)20-10/h2-5,10,12H,6-9H2,1H3/t10-,12-/m0/s1. The molecule has 0 aromatic heterocycles. The summed E-state index contributed by atoms with van der Waals surface area (Å²) in [6.07, 6.45) is 0.611. The molecule has 0 N–H and O–H groups in total. The van der Waals surface area contributed by atoms with E-state index < -0.39 is 24.7 Å². The second-order valence-electron chi connectivity index (χ2n) is 5.81. The third-order valence-electron chi connectivity index (χ3n) is 4.20.